The van der Waals surface area contributed by atoms with E-state index in [2.05, 4.69) is 43.0 Å². The second kappa shape index (κ2) is 6.39. The average molecular weight is 379 g/mol. The van der Waals surface area contributed by atoms with Crippen molar-refractivity contribution in [2.45, 2.75) is 26.2 Å². The molecule has 0 fully saturated rings. The van der Waals surface area contributed by atoms with Crippen LogP contribution in [0.4, 0.5) is 4.39 Å². The first kappa shape index (κ1) is 17.5. The van der Waals surface area contributed by atoms with Crippen molar-refractivity contribution in [1.29, 1.82) is 0 Å². The van der Waals surface area contributed by atoms with Gasteiger partial charge in [-0.25, -0.2) is 4.39 Å². The van der Waals surface area contributed by atoms with Crippen molar-refractivity contribution < 1.29 is 4.39 Å². The van der Waals surface area contributed by atoms with E-state index in [0.29, 0.717) is 20.9 Å². The first-order valence-electron chi connectivity index (χ1n) is 8.59. The van der Waals surface area contributed by atoms with Crippen molar-refractivity contribution in [3.05, 3.63) is 80.4 Å². The Balaban J connectivity index is 1.74. The third-order valence-corrected chi connectivity index (χ3v) is 5.30. The van der Waals surface area contributed by atoms with Crippen LogP contribution in [0.15, 0.2) is 53.3 Å². The maximum absolute atomic E-state index is 13.3. The van der Waals surface area contributed by atoms with E-state index in [0.717, 1.165) is 5.56 Å². The largest absolute Gasteiger partial charge is 0.291 e. The Kier molecular flexibility index (Phi) is 4.15. The second-order valence-electron chi connectivity index (χ2n) is 7.43. The Morgan fingerprint density at radius 3 is 2.48 bits per heavy atom. The van der Waals surface area contributed by atoms with Crippen LogP contribution in [0.3, 0.4) is 0 Å². The van der Waals surface area contributed by atoms with Crippen molar-refractivity contribution >= 4 is 22.4 Å². The van der Waals surface area contributed by atoms with Crippen LogP contribution in [0.1, 0.15) is 31.9 Å². The first-order chi connectivity index (χ1) is 12.8. The monoisotopic (exact) mass is 379 g/mol. The summed E-state index contributed by atoms with van der Waals surface area (Å²) in [6, 6.07) is 14.2. The molecule has 0 N–H and O–H groups in total. The number of hydrogen-bond donors (Lipinski definition) is 0. The lowest BCUT2D eigenvalue weighted by Gasteiger charge is -2.18. The standard InChI is InChI=1S/C21H18FN3OS/c1-21(2,3)15-9-7-14(8-10-15)18-23-20-25(24-18)19(26)17(27-20)12-13-5-4-6-16(22)11-13/h4-12H,1-3H3/b17-12-. The molecule has 0 aliphatic carbocycles. The number of benzene rings is 2. The second-order valence-corrected chi connectivity index (χ2v) is 8.44. The number of fused-ring (bicyclic) bond motifs is 1. The van der Waals surface area contributed by atoms with Crippen LogP contribution in [0.5, 0.6) is 0 Å². The highest BCUT2D eigenvalue weighted by molar-refractivity contribution is 7.15. The molecule has 4 nitrogen and oxygen atoms in total. The smallest absolute Gasteiger partial charge is 0.266 e. The molecule has 0 amide bonds. The molecule has 0 saturated heterocycles. The Morgan fingerprint density at radius 2 is 1.85 bits per heavy atom. The van der Waals surface area contributed by atoms with Gasteiger partial charge >= 0.3 is 0 Å². The van der Waals surface area contributed by atoms with Crippen molar-refractivity contribution in [1.82, 2.24) is 14.6 Å². The number of thiazole rings is 1. The van der Waals surface area contributed by atoms with Crippen molar-refractivity contribution in [3.8, 4) is 11.4 Å². The van der Waals surface area contributed by atoms with Gasteiger partial charge in [-0.1, -0.05) is 68.5 Å². The summed E-state index contributed by atoms with van der Waals surface area (Å²) in [5.74, 6) is 0.188. The summed E-state index contributed by atoms with van der Waals surface area (Å²) in [6.07, 6.45) is 1.66. The minimum atomic E-state index is -0.336. The molecule has 4 aromatic rings. The minimum absolute atomic E-state index is 0.0738. The summed E-state index contributed by atoms with van der Waals surface area (Å²) in [5, 5.41) is 4.36. The van der Waals surface area contributed by atoms with E-state index < -0.39 is 0 Å². The average Bonchev–Trinajstić information content (AvgIpc) is 3.15. The molecule has 0 aliphatic heterocycles. The van der Waals surface area contributed by atoms with Gasteiger partial charge in [0.25, 0.3) is 5.56 Å². The zero-order chi connectivity index (χ0) is 19.2. The van der Waals surface area contributed by atoms with Crippen LogP contribution in [0, 0.1) is 5.82 Å². The minimum Gasteiger partial charge on any atom is -0.266 e. The Bertz CT molecular complexity index is 1230. The van der Waals surface area contributed by atoms with Crippen LogP contribution in [-0.2, 0) is 5.41 Å². The molecule has 2 aromatic heterocycles. The Labute approximate surface area is 159 Å². The fourth-order valence-electron chi connectivity index (χ4n) is 2.82. The molecule has 0 saturated carbocycles. The van der Waals surface area contributed by atoms with Crippen LogP contribution < -0.4 is 10.1 Å². The van der Waals surface area contributed by atoms with Gasteiger partial charge in [-0.2, -0.15) is 9.50 Å². The molecule has 6 heteroatoms. The zero-order valence-corrected chi connectivity index (χ0v) is 16.0. The lowest BCUT2D eigenvalue weighted by atomic mass is 9.87. The van der Waals surface area contributed by atoms with Gasteiger partial charge in [0.05, 0.1) is 4.53 Å². The highest BCUT2D eigenvalue weighted by Gasteiger charge is 2.15. The molecule has 0 radical (unpaired) electrons. The molecule has 0 spiro atoms. The maximum Gasteiger partial charge on any atom is 0.291 e. The Morgan fingerprint density at radius 1 is 1.11 bits per heavy atom. The number of rotatable bonds is 2. The first-order valence-corrected chi connectivity index (χ1v) is 9.41. The fourth-order valence-corrected chi connectivity index (χ4v) is 3.73. The van der Waals surface area contributed by atoms with Gasteiger partial charge in [-0.3, -0.25) is 4.79 Å². The number of aromatic nitrogens is 3. The number of hydrogen-bond acceptors (Lipinski definition) is 4. The van der Waals surface area contributed by atoms with E-state index in [1.807, 2.05) is 12.1 Å². The number of halogens is 1. The topological polar surface area (TPSA) is 47.3 Å². The molecule has 0 aliphatic rings. The van der Waals surface area contributed by atoms with E-state index in [9.17, 15) is 9.18 Å². The summed E-state index contributed by atoms with van der Waals surface area (Å²) in [4.78, 5) is 17.6. The van der Waals surface area contributed by atoms with Gasteiger partial charge in [0, 0.05) is 5.56 Å². The summed E-state index contributed by atoms with van der Waals surface area (Å²) in [6.45, 7) is 6.48. The van der Waals surface area contributed by atoms with Crippen LogP contribution in [-0.4, -0.2) is 14.6 Å². The summed E-state index contributed by atoms with van der Waals surface area (Å²) >= 11 is 1.25. The highest BCUT2D eigenvalue weighted by atomic mass is 32.1. The zero-order valence-electron chi connectivity index (χ0n) is 15.2. The molecule has 27 heavy (non-hydrogen) atoms. The van der Waals surface area contributed by atoms with Gasteiger partial charge in [-0.15, -0.1) is 5.10 Å². The molecule has 2 heterocycles. The predicted octanol–water partition coefficient (Wildman–Crippen LogP) is 3.80. The molecular formula is C21H18FN3OS. The van der Waals surface area contributed by atoms with E-state index in [1.165, 1.54) is 33.5 Å². The van der Waals surface area contributed by atoms with Gasteiger partial charge in [0.2, 0.25) is 4.96 Å². The quantitative estimate of drug-likeness (QED) is 0.532. The van der Waals surface area contributed by atoms with Gasteiger partial charge < -0.3 is 0 Å². The number of nitrogens with zero attached hydrogens (tertiary/aromatic N) is 3. The lowest BCUT2D eigenvalue weighted by molar-refractivity contribution is 0.590. The van der Waals surface area contributed by atoms with Crippen molar-refractivity contribution in [2.75, 3.05) is 0 Å². The maximum atomic E-state index is 13.3. The third-order valence-electron chi connectivity index (χ3n) is 4.34. The molecule has 136 valence electrons. The molecule has 0 atom stereocenters. The predicted molar refractivity (Wildman–Crippen MR) is 106 cm³/mol. The summed E-state index contributed by atoms with van der Waals surface area (Å²) < 4.78 is 15.1. The van der Waals surface area contributed by atoms with E-state index >= 15 is 0 Å². The molecule has 4 rings (SSSR count). The van der Waals surface area contributed by atoms with Crippen LogP contribution in [0.25, 0.3) is 22.4 Å². The summed E-state index contributed by atoms with van der Waals surface area (Å²) in [5.41, 5.74) is 2.56. The third kappa shape index (κ3) is 3.40. The SMILES string of the molecule is CC(C)(C)c1ccc(-c2nc3s/c(=C\c4cccc(F)c4)c(=O)n3n2)cc1. The summed E-state index contributed by atoms with van der Waals surface area (Å²) in [7, 11) is 0. The van der Waals surface area contributed by atoms with Crippen LogP contribution in [0.2, 0.25) is 0 Å². The van der Waals surface area contributed by atoms with Crippen molar-refractivity contribution in [2.24, 2.45) is 0 Å². The molecule has 0 bridgehead atoms. The highest BCUT2D eigenvalue weighted by Crippen LogP contribution is 2.25. The lowest BCUT2D eigenvalue weighted by Crippen LogP contribution is -2.23. The molecule has 0 unspecified atom stereocenters. The fraction of sp³-hybridized carbons (Fsp3) is 0.190. The normalized spacial score (nSPS) is 12.8. The molecular weight excluding hydrogens is 361 g/mol. The van der Waals surface area contributed by atoms with E-state index in [-0.39, 0.29) is 16.8 Å². The van der Waals surface area contributed by atoms with E-state index in [1.54, 1.807) is 18.2 Å². The van der Waals surface area contributed by atoms with Gasteiger partial charge in [0.15, 0.2) is 5.82 Å². The van der Waals surface area contributed by atoms with E-state index in [4.69, 9.17) is 0 Å². The Hall–Kier alpha value is -2.86. The van der Waals surface area contributed by atoms with Crippen LogP contribution >= 0.6 is 11.3 Å². The van der Waals surface area contributed by atoms with Gasteiger partial charge in [-0.05, 0) is 34.8 Å². The van der Waals surface area contributed by atoms with Gasteiger partial charge in [0.1, 0.15) is 5.82 Å². The molecule has 2 aromatic carbocycles. The van der Waals surface area contributed by atoms with Crippen molar-refractivity contribution in [3.63, 3.8) is 0 Å².